The molecule has 100 valence electrons. The summed E-state index contributed by atoms with van der Waals surface area (Å²) in [5, 5.41) is 3.41. The molecule has 18 heavy (non-hydrogen) atoms. The Morgan fingerprint density at radius 1 is 1.39 bits per heavy atom. The average molecular weight is 259 g/mol. The van der Waals surface area contributed by atoms with E-state index in [-0.39, 0.29) is 24.7 Å². The Labute approximate surface area is 104 Å². The monoisotopic (exact) mass is 259 g/mol. The van der Waals surface area contributed by atoms with Gasteiger partial charge in [-0.05, 0) is 30.9 Å². The highest BCUT2D eigenvalue weighted by molar-refractivity contribution is 5.29. The number of nitrogens with one attached hydrogen (secondary N) is 1. The molecule has 0 amide bonds. The van der Waals surface area contributed by atoms with Gasteiger partial charge in [0, 0.05) is 18.5 Å². The Balaban J connectivity index is 1.53. The molecule has 3 aliphatic rings. The molecule has 0 bridgehead atoms. The second-order valence-electron chi connectivity index (χ2n) is 5.47. The van der Waals surface area contributed by atoms with E-state index in [1.807, 2.05) is 0 Å². The van der Waals surface area contributed by atoms with Crippen LogP contribution in [0.25, 0.3) is 0 Å². The first-order valence-corrected chi connectivity index (χ1v) is 6.33. The zero-order valence-corrected chi connectivity index (χ0v) is 10.0. The van der Waals surface area contributed by atoms with Crippen LogP contribution in [0, 0.1) is 0 Å². The van der Waals surface area contributed by atoms with Crippen LogP contribution in [0.2, 0.25) is 0 Å². The minimum atomic E-state index is -1.86. The first-order valence-electron chi connectivity index (χ1n) is 6.33. The van der Waals surface area contributed by atoms with Gasteiger partial charge in [-0.1, -0.05) is 0 Å². The molecule has 1 aliphatic heterocycles. The van der Waals surface area contributed by atoms with E-state index >= 15 is 0 Å². The van der Waals surface area contributed by atoms with Crippen LogP contribution in [0.15, 0.2) is 23.3 Å². The summed E-state index contributed by atoms with van der Waals surface area (Å²) in [6, 6.07) is 0. The van der Waals surface area contributed by atoms with Gasteiger partial charge in [-0.25, -0.2) is 13.2 Å². The summed E-state index contributed by atoms with van der Waals surface area (Å²) >= 11 is 0. The lowest BCUT2D eigenvalue weighted by Gasteiger charge is -2.17. The first kappa shape index (κ1) is 12.2. The Hall–Kier alpha value is -0.810. The topological polar surface area (TPSA) is 21.3 Å². The van der Waals surface area contributed by atoms with Crippen molar-refractivity contribution < 1.29 is 17.9 Å². The van der Waals surface area contributed by atoms with E-state index in [9.17, 15) is 13.2 Å². The van der Waals surface area contributed by atoms with Gasteiger partial charge < -0.3 is 10.1 Å². The molecule has 1 saturated heterocycles. The third-order valence-electron chi connectivity index (χ3n) is 3.96. The highest BCUT2D eigenvalue weighted by atomic mass is 19.2. The third kappa shape index (κ3) is 2.34. The van der Waals surface area contributed by atoms with Crippen molar-refractivity contribution in [3.8, 4) is 0 Å². The molecule has 2 fully saturated rings. The van der Waals surface area contributed by atoms with Gasteiger partial charge in [-0.2, -0.15) is 0 Å². The molecule has 0 aromatic carbocycles. The van der Waals surface area contributed by atoms with Crippen LogP contribution in [0.1, 0.15) is 25.7 Å². The molecule has 2 aliphatic carbocycles. The van der Waals surface area contributed by atoms with E-state index in [4.69, 9.17) is 4.74 Å². The molecule has 3 rings (SSSR count). The molecule has 5 heteroatoms. The number of rotatable bonds is 3. The maximum absolute atomic E-state index is 13.1. The summed E-state index contributed by atoms with van der Waals surface area (Å²) < 4.78 is 44.6. The van der Waals surface area contributed by atoms with Gasteiger partial charge in [-0.15, -0.1) is 0 Å². The van der Waals surface area contributed by atoms with Crippen molar-refractivity contribution in [3.05, 3.63) is 23.3 Å². The van der Waals surface area contributed by atoms with Gasteiger partial charge in [0.15, 0.2) is 17.8 Å². The lowest BCUT2D eigenvalue weighted by atomic mass is 10.0. The van der Waals surface area contributed by atoms with Gasteiger partial charge in [0.05, 0.1) is 12.7 Å². The third-order valence-corrected chi connectivity index (χ3v) is 3.96. The van der Waals surface area contributed by atoms with Gasteiger partial charge in [0.1, 0.15) is 0 Å². The van der Waals surface area contributed by atoms with Crippen LogP contribution >= 0.6 is 0 Å². The largest absolute Gasteiger partial charge is 0.372 e. The number of halogens is 3. The molecule has 0 radical (unpaired) electrons. The second-order valence-corrected chi connectivity index (χ2v) is 5.47. The fourth-order valence-electron chi connectivity index (χ4n) is 2.66. The number of alkyl halides is 1. The lowest BCUT2D eigenvalue weighted by molar-refractivity contribution is 0.0785. The van der Waals surface area contributed by atoms with Gasteiger partial charge in [0.2, 0.25) is 0 Å². The summed E-state index contributed by atoms with van der Waals surface area (Å²) in [6.07, 6.45) is 2.53. The highest BCUT2D eigenvalue weighted by Gasteiger charge is 2.48. The van der Waals surface area contributed by atoms with Crippen molar-refractivity contribution in [2.45, 2.75) is 43.5 Å². The van der Waals surface area contributed by atoms with Crippen LogP contribution in [0.4, 0.5) is 13.2 Å². The molecular weight excluding hydrogens is 243 g/mol. The van der Waals surface area contributed by atoms with Crippen molar-refractivity contribution >= 4 is 0 Å². The fourth-order valence-corrected chi connectivity index (χ4v) is 2.66. The van der Waals surface area contributed by atoms with Gasteiger partial charge in [0.25, 0.3) is 0 Å². The molecule has 0 aromatic heterocycles. The van der Waals surface area contributed by atoms with E-state index in [1.54, 1.807) is 0 Å². The predicted molar refractivity (Wildman–Crippen MR) is 61.2 cm³/mol. The van der Waals surface area contributed by atoms with Crippen molar-refractivity contribution in [1.82, 2.24) is 5.32 Å². The smallest absolute Gasteiger partial charge is 0.170 e. The summed E-state index contributed by atoms with van der Waals surface area (Å²) in [7, 11) is 0. The van der Waals surface area contributed by atoms with Crippen LogP contribution in [-0.4, -0.2) is 31.0 Å². The van der Waals surface area contributed by atoms with Crippen LogP contribution in [0.3, 0.4) is 0 Å². The maximum atomic E-state index is 13.1. The van der Waals surface area contributed by atoms with Crippen LogP contribution in [0.5, 0.6) is 0 Å². The van der Waals surface area contributed by atoms with Crippen molar-refractivity contribution in [3.63, 3.8) is 0 Å². The summed E-state index contributed by atoms with van der Waals surface area (Å²) in [4.78, 5) is 0. The van der Waals surface area contributed by atoms with Crippen LogP contribution < -0.4 is 5.32 Å². The number of ether oxygens (including phenoxy) is 1. The number of allylic oxidation sites excluding steroid dienone is 3. The van der Waals surface area contributed by atoms with Crippen molar-refractivity contribution in [2.75, 3.05) is 13.2 Å². The SMILES string of the molecule is FC1=C(F)C(F)CC(COC2CNC3(CC3)C2)=C1. The van der Waals surface area contributed by atoms with E-state index in [1.165, 1.54) is 12.8 Å². The van der Waals surface area contributed by atoms with E-state index in [0.29, 0.717) is 5.57 Å². The summed E-state index contributed by atoms with van der Waals surface area (Å²) in [5.74, 6) is -2.39. The summed E-state index contributed by atoms with van der Waals surface area (Å²) in [5.41, 5.74) is 0.768. The lowest BCUT2D eigenvalue weighted by Crippen LogP contribution is -2.23. The predicted octanol–water partition coefficient (Wildman–Crippen LogP) is 2.72. The Morgan fingerprint density at radius 2 is 2.17 bits per heavy atom. The van der Waals surface area contributed by atoms with Crippen molar-refractivity contribution in [1.29, 1.82) is 0 Å². The maximum Gasteiger partial charge on any atom is 0.170 e. The minimum absolute atomic E-state index is 0.102. The molecule has 1 heterocycles. The van der Waals surface area contributed by atoms with E-state index < -0.39 is 17.8 Å². The first-order chi connectivity index (χ1) is 8.58. The molecule has 1 spiro atoms. The molecule has 1 N–H and O–H groups in total. The Bertz CT molecular complexity index is 414. The zero-order chi connectivity index (χ0) is 12.8. The van der Waals surface area contributed by atoms with Gasteiger partial charge >= 0.3 is 0 Å². The van der Waals surface area contributed by atoms with E-state index in [2.05, 4.69) is 5.32 Å². The molecule has 1 saturated carbocycles. The highest BCUT2D eigenvalue weighted by Crippen LogP contribution is 2.43. The molecule has 2 nitrogen and oxygen atoms in total. The Kier molecular flexibility index (Phi) is 2.98. The molecule has 2 unspecified atom stereocenters. The molecule has 2 atom stereocenters. The zero-order valence-electron chi connectivity index (χ0n) is 10.0. The summed E-state index contributed by atoms with van der Waals surface area (Å²) in [6.45, 7) is 0.975. The minimum Gasteiger partial charge on any atom is -0.372 e. The van der Waals surface area contributed by atoms with E-state index in [0.717, 1.165) is 19.0 Å². The Morgan fingerprint density at radius 3 is 2.78 bits per heavy atom. The standard InChI is InChI=1S/C13H16F3NO/c14-10-3-8(4-11(15)12(10)16)7-18-9-5-13(1-2-13)17-6-9/h3,9,11,17H,1-2,4-7H2. The fraction of sp³-hybridized carbons (Fsp3) is 0.692. The second kappa shape index (κ2) is 4.38. The quantitative estimate of drug-likeness (QED) is 0.841. The molecule has 0 aromatic rings. The van der Waals surface area contributed by atoms with Gasteiger partial charge in [-0.3, -0.25) is 0 Å². The average Bonchev–Trinajstić information content (AvgIpc) is 2.96. The van der Waals surface area contributed by atoms with Crippen molar-refractivity contribution in [2.24, 2.45) is 0 Å². The number of hydrogen-bond donors (Lipinski definition) is 1. The normalized spacial score (nSPS) is 34.1. The number of hydrogen-bond acceptors (Lipinski definition) is 2. The van der Waals surface area contributed by atoms with Crippen LogP contribution in [-0.2, 0) is 4.74 Å². The molecular formula is C13H16F3NO.